The predicted molar refractivity (Wildman–Crippen MR) is 93.9 cm³/mol. The highest BCUT2D eigenvalue weighted by molar-refractivity contribution is 9.10. The summed E-state index contributed by atoms with van der Waals surface area (Å²) in [5, 5.41) is 3.09. The minimum atomic E-state index is -3.27. The minimum absolute atomic E-state index is 0.0497. The van der Waals surface area contributed by atoms with Crippen molar-refractivity contribution in [1.82, 2.24) is 4.98 Å². The number of halogens is 1. The summed E-state index contributed by atoms with van der Waals surface area (Å²) in [6.07, 6.45) is 0. The van der Waals surface area contributed by atoms with E-state index in [0.717, 1.165) is 15.7 Å². The van der Waals surface area contributed by atoms with Gasteiger partial charge in [0.25, 0.3) is 6.01 Å². The Balaban J connectivity index is 1.97. The van der Waals surface area contributed by atoms with E-state index in [2.05, 4.69) is 26.2 Å². The molecule has 1 heterocycles. The van der Waals surface area contributed by atoms with E-state index in [1.807, 2.05) is 25.1 Å². The molecule has 0 fully saturated rings. The molecule has 0 atom stereocenters. The Kier molecular flexibility index (Phi) is 4.16. The Morgan fingerprint density at radius 3 is 2.70 bits per heavy atom. The van der Waals surface area contributed by atoms with E-state index in [1.54, 1.807) is 19.1 Å². The topological polar surface area (TPSA) is 72.2 Å². The summed E-state index contributed by atoms with van der Waals surface area (Å²) in [7, 11) is -3.27. The lowest BCUT2D eigenvalue weighted by atomic mass is 10.2. The van der Waals surface area contributed by atoms with Crippen molar-refractivity contribution in [2.24, 2.45) is 0 Å². The van der Waals surface area contributed by atoms with Gasteiger partial charge in [0.2, 0.25) is 0 Å². The molecule has 0 bridgehead atoms. The third-order valence-corrected chi connectivity index (χ3v) is 5.85. The number of aryl methyl sites for hydroxylation is 1. The van der Waals surface area contributed by atoms with Crippen LogP contribution >= 0.6 is 15.9 Å². The smallest absolute Gasteiger partial charge is 0.300 e. The number of aromatic nitrogens is 1. The van der Waals surface area contributed by atoms with Crippen LogP contribution in [0, 0.1) is 6.92 Å². The fourth-order valence-corrected chi connectivity index (χ4v) is 3.64. The third kappa shape index (κ3) is 3.25. The first kappa shape index (κ1) is 16.0. The molecule has 1 aromatic heterocycles. The van der Waals surface area contributed by atoms with E-state index in [4.69, 9.17) is 4.42 Å². The molecule has 120 valence electrons. The molecule has 1 N–H and O–H groups in total. The Hall–Kier alpha value is -1.86. The first-order valence-corrected chi connectivity index (χ1v) is 9.50. The molecule has 23 heavy (non-hydrogen) atoms. The normalized spacial score (nSPS) is 11.8. The van der Waals surface area contributed by atoms with Crippen LogP contribution in [0.5, 0.6) is 0 Å². The molecule has 0 unspecified atom stereocenters. The average molecular weight is 395 g/mol. The van der Waals surface area contributed by atoms with Crippen molar-refractivity contribution < 1.29 is 12.8 Å². The molecule has 0 aliphatic heterocycles. The molecule has 0 saturated carbocycles. The van der Waals surface area contributed by atoms with E-state index in [9.17, 15) is 8.42 Å². The summed E-state index contributed by atoms with van der Waals surface area (Å²) in [5.74, 6) is 0.0497. The van der Waals surface area contributed by atoms with Crippen LogP contribution in [0.3, 0.4) is 0 Å². The summed E-state index contributed by atoms with van der Waals surface area (Å²) < 4.78 is 30.4. The summed E-state index contributed by atoms with van der Waals surface area (Å²) in [6.45, 7) is 3.62. The van der Waals surface area contributed by atoms with Crippen LogP contribution in [0.25, 0.3) is 11.1 Å². The number of sulfone groups is 1. The van der Waals surface area contributed by atoms with Crippen LogP contribution in [0.15, 0.2) is 50.2 Å². The number of hydrogen-bond acceptors (Lipinski definition) is 5. The lowest BCUT2D eigenvalue weighted by Crippen LogP contribution is -2.02. The van der Waals surface area contributed by atoms with Gasteiger partial charge in [0, 0.05) is 10.5 Å². The molecule has 2 aromatic carbocycles. The van der Waals surface area contributed by atoms with Crippen LogP contribution in [-0.4, -0.2) is 19.2 Å². The van der Waals surface area contributed by atoms with Gasteiger partial charge in [-0.05, 0) is 52.7 Å². The second-order valence-electron chi connectivity index (χ2n) is 5.16. The molecule has 0 spiro atoms. The van der Waals surface area contributed by atoms with E-state index in [1.165, 1.54) is 6.07 Å². The molecule has 5 nitrogen and oxygen atoms in total. The summed E-state index contributed by atoms with van der Waals surface area (Å²) in [6, 6.07) is 10.9. The highest BCUT2D eigenvalue weighted by Gasteiger charge is 2.15. The Bertz CT molecular complexity index is 980. The number of rotatable bonds is 4. The van der Waals surface area contributed by atoms with Crippen LogP contribution in [0.4, 0.5) is 11.7 Å². The van der Waals surface area contributed by atoms with Gasteiger partial charge in [-0.25, -0.2) is 8.42 Å². The van der Waals surface area contributed by atoms with Gasteiger partial charge in [0.15, 0.2) is 15.4 Å². The number of anilines is 2. The fraction of sp³-hybridized carbons (Fsp3) is 0.188. The van der Waals surface area contributed by atoms with E-state index in [0.29, 0.717) is 17.1 Å². The van der Waals surface area contributed by atoms with E-state index < -0.39 is 9.84 Å². The van der Waals surface area contributed by atoms with Crippen LogP contribution in [0.1, 0.15) is 12.5 Å². The molecule has 0 aliphatic carbocycles. The van der Waals surface area contributed by atoms with Gasteiger partial charge in [-0.2, -0.15) is 4.98 Å². The molecular weight excluding hydrogens is 380 g/mol. The average Bonchev–Trinajstić information content (AvgIpc) is 2.91. The Labute approximate surface area is 142 Å². The monoisotopic (exact) mass is 394 g/mol. The van der Waals surface area contributed by atoms with Gasteiger partial charge in [-0.3, -0.25) is 0 Å². The molecule has 3 rings (SSSR count). The number of nitrogens with one attached hydrogen (secondary N) is 1. The van der Waals surface area contributed by atoms with E-state index in [-0.39, 0.29) is 10.6 Å². The molecule has 3 aromatic rings. The largest absolute Gasteiger partial charge is 0.423 e. The van der Waals surface area contributed by atoms with Gasteiger partial charge in [0.1, 0.15) is 5.52 Å². The predicted octanol–water partition coefficient (Wildman–Crippen LogP) is 4.44. The highest BCUT2D eigenvalue weighted by atomic mass is 79.9. The van der Waals surface area contributed by atoms with Gasteiger partial charge in [-0.1, -0.05) is 13.0 Å². The summed E-state index contributed by atoms with van der Waals surface area (Å²) in [4.78, 5) is 4.57. The van der Waals surface area contributed by atoms with Crippen LogP contribution in [-0.2, 0) is 9.84 Å². The second kappa shape index (κ2) is 5.98. The van der Waals surface area contributed by atoms with Gasteiger partial charge < -0.3 is 9.73 Å². The summed E-state index contributed by atoms with van der Waals surface area (Å²) >= 11 is 3.48. The van der Waals surface area contributed by atoms with Crippen molar-refractivity contribution in [3.05, 3.63) is 46.4 Å². The zero-order valence-corrected chi connectivity index (χ0v) is 15.0. The number of oxazole rings is 1. The van der Waals surface area contributed by atoms with Gasteiger partial charge >= 0.3 is 0 Å². The Morgan fingerprint density at radius 2 is 2.00 bits per heavy atom. The maximum absolute atomic E-state index is 11.9. The molecule has 0 aliphatic rings. The summed E-state index contributed by atoms with van der Waals surface area (Å²) in [5.41, 5.74) is 2.99. The number of fused-ring (bicyclic) bond motifs is 1. The van der Waals surface area contributed by atoms with Gasteiger partial charge in [0.05, 0.1) is 16.3 Å². The van der Waals surface area contributed by atoms with Gasteiger partial charge in [-0.15, -0.1) is 0 Å². The van der Waals surface area contributed by atoms with Crippen molar-refractivity contribution in [3.8, 4) is 0 Å². The van der Waals surface area contributed by atoms with Crippen LogP contribution < -0.4 is 5.32 Å². The first-order valence-electron chi connectivity index (χ1n) is 7.05. The number of nitrogens with zero attached hydrogens (tertiary/aromatic N) is 1. The lowest BCUT2D eigenvalue weighted by Gasteiger charge is -2.05. The lowest BCUT2D eigenvalue weighted by molar-refractivity contribution is 0.595. The van der Waals surface area contributed by atoms with Crippen molar-refractivity contribution in [1.29, 1.82) is 0 Å². The standard InChI is InChI=1S/C16H15BrN2O3S/c1-3-23(20,21)11-5-7-14-15(9-11)22-16(19-14)18-13-6-4-10(2)8-12(13)17/h4-9H,3H2,1-2H3,(H,18,19). The maximum atomic E-state index is 11.9. The fourth-order valence-electron chi connectivity index (χ4n) is 2.16. The van der Waals surface area contributed by atoms with Crippen molar-refractivity contribution >= 4 is 48.6 Å². The minimum Gasteiger partial charge on any atom is -0.423 e. The first-order chi connectivity index (χ1) is 10.9. The molecular formula is C16H15BrN2O3S. The third-order valence-electron chi connectivity index (χ3n) is 3.47. The SMILES string of the molecule is CCS(=O)(=O)c1ccc2nc(Nc3ccc(C)cc3Br)oc2c1. The van der Waals surface area contributed by atoms with Crippen molar-refractivity contribution in [2.75, 3.05) is 11.1 Å². The number of hydrogen-bond donors (Lipinski definition) is 1. The second-order valence-corrected chi connectivity index (χ2v) is 8.29. The Morgan fingerprint density at radius 1 is 1.22 bits per heavy atom. The van der Waals surface area contributed by atoms with Crippen molar-refractivity contribution in [2.45, 2.75) is 18.7 Å². The molecule has 7 heteroatoms. The molecule has 0 saturated heterocycles. The van der Waals surface area contributed by atoms with Crippen molar-refractivity contribution in [3.63, 3.8) is 0 Å². The van der Waals surface area contributed by atoms with Crippen LogP contribution in [0.2, 0.25) is 0 Å². The quantitative estimate of drug-likeness (QED) is 0.707. The zero-order chi connectivity index (χ0) is 16.6. The molecule has 0 radical (unpaired) electrons. The van der Waals surface area contributed by atoms with E-state index >= 15 is 0 Å². The number of benzene rings is 2. The highest BCUT2D eigenvalue weighted by Crippen LogP contribution is 2.29. The maximum Gasteiger partial charge on any atom is 0.300 e. The zero-order valence-electron chi connectivity index (χ0n) is 12.6. The molecule has 0 amide bonds.